The summed E-state index contributed by atoms with van der Waals surface area (Å²) in [7, 11) is 0. The first-order chi connectivity index (χ1) is 9.35. The van der Waals surface area contributed by atoms with Crippen LogP contribution in [0.5, 0.6) is 5.75 Å². The lowest BCUT2D eigenvalue weighted by Crippen LogP contribution is -2.29. The zero-order valence-corrected chi connectivity index (χ0v) is 11.7. The van der Waals surface area contributed by atoms with Gasteiger partial charge in [0.05, 0.1) is 12.6 Å². The molecule has 0 heterocycles. The van der Waals surface area contributed by atoms with Crippen molar-refractivity contribution in [3.8, 4) is 5.75 Å². The largest absolute Gasteiger partial charge is 0.494 e. The van der Waals surface area contributed by atoms with Gasteiger partial charge in [-0.25, -0.2) is 5.43 Å². The lowest BCUT2D eigenvalue weighted by atomic mass is 9.95. The molecule has 1 atom stereocenters. The summed E-state index contributed by atoms with van der Waals surface area (Å²) < 4.78 is 5.47. The summed E-state index contributed by atoms with van der Waals surface area (Å²) in [6.07, 6.45) is 8.55. The van der Waals surface area contributed by atoms with E-state index in [4.69, 9.17) is 10.6 Å². The van der Waals surface area contributed by atoms with Crippen molar-refractivity contribution < 1.29 is 4.74 Å². The number of hydrogen-bond acceptors (Lipinski definition) is 3. The van der Waals surface area contributed by atoms with Crippen LogP contribution < -0.4 is 16.0 Å². The minimum Gasteiger partial charge on any atom is -0.494 e. The predicted molar refractivity (Wildman–Crippen MR) is 78.8 cm³/mol. The van der Waals surface area contributed by atoms with Gasteiger partial charge in [-0.2, -0.15) is 0 Å². The number of rotatable bonds is 5. The third kappa shape index (κ3) is 3.82. The van der Waals surface area contributed by atoms with Crippen LogP contribution in [0.4, 0.5) is 0 Å². The Morgan fingerprint density at radius 2 is 2.00 bits per heavy atom. The Morgan fingerprint density at radius 3 is 2.68 bits per heavy atom. The molecule has 0 fully saturated rings. The summed E-state index contributed by atoms with van der Waals surface area (Å²) in [5, 5.41) is 0. The Kier molecular flexibility index (Phi) is 5.43. The van der Waals surface area contributed by atoms with Gasteiger partial charge >= 0.3 is 0 Å². The molecule has 0 aromatic heterocycles. The topological polar surface area (TPSA) is 47.3 Å². The van der Waals surface area contributed by atoms with Gasteiger partial charge in [-0.05, 0) is 50.3 Å². The number of allylic oxidation sites excluding steroid dienone is 1. The Hall–Kier alpha value is -1.32. The molecule has 0 amide bonds. The van der Waals surface area contributed by atoms with Crippen LogP contribution in [-0.4, -0.2) is 6.61 Å². The Labute approximate surface area is 115 Å². The molecule has 0 aliphatic heterocycles. The van der Waals surface area contributed by atoms with Crippen LogP contribution in [0.25, 0.3) is 0 Å². The number of ether oxygens (including phenoxy) is 1. The molecular formula is C16H24N2O. The second-order valence-electron chi connectivity index (χ2n) is 4.98. The number of hydrogen-bond donors (Lipinski definition) is 2. The lowest BCUT2D eigenvalue weighted by molar-refractivity contribution is 0.340. The molecule has 3 nitrogen and oxygen atoms in total. The summed E-state index contributed by atoms with van der Waals surface area (Å²) in [6.45, 7) is 2.69. The third-order valence-electron chi connectivity index (χ3n) is 3.64. The van der Waals surface area contributed by atoms with Gasteiger partial charge in [0.15, 0.2) is 0 Å². The molecule has 0 radical (unpaired) electrons. The smallest absolute Gasteiger partial charge is 0.119 e. The van der Waals surface area contributed by atoms with E-state index in [1.165, 1.54) is 36.8 Å². The highest BCUT2D eigenvalue weighted by Gasteiger charge is 2.16. The highest BCUT2D eigenvalue weighted by molar-refractivity contribution is 5.33. The minimum atomic E-state index is 0.133. The van der Waals surface area contributed by atoms with Crippen LogP contribution in [0.2, 0.25) is 0 Å². The van der Waals surface area contributed by atoms with Crippen molar-refractivity contribution in [2.45, 2.75) is 45.1 Å². The van der Waals surface area contributed by atoms with E-state index >= 15 is 0 Å². The molecule has 0 saturated heterocycles. The summed E-state index contributed by atoms with van der Waals surface area (Å²) in [6, 6.07) is 8.36. The second-order valence-corrected chi connectivity index (χ2v) is 4.98. The van der Waals surface area contributed by atoms with Gasteiger partial charge < -0.3 is 4.74 Å². The van der Waals surface area contributed by atoms with Crippen LogP contribution in [0.15, 0.2) is 35.9 Å². The van der Waals surface area contributed by atoms with Crippen molar-refractivity contribution in [3.05, 3.63) is 41.5 Å². The molecule has 3 heteroatoms. The first kappa shape index (κ1) is 14.1. The number of hydrazine groups is 1. The maximum atomic E-state index is 5.76. The van der Waals surface area contributed by atoms with E-state index in [-0.39, 0.29) is 6.04 Å². The van der Waals surface area contributed by atoms with Crippen molar-refractivity contribution in [2.24, 2.45) is 5.84 Å². The Morgan fingerprint density at radius 1 is 1.21 bits per heavy atom. The highest BCUT2D eigenvalue weighted by Crippen LogP contribution is 2.29. The molecule has 1 aliphatic carbocycles. The fraction of sp³-hybridized carbons (Fsp3) is 0.500. The van der Waals surface area contributed by atoms with Crippen LogP contribution in [0.3, 0.4) is 0 Å². The van der Waals surface area contributed by atoms with Gasteiger partial charge in [0.2, 0.25) is 0 Å². The monoisotopic (exact) mass is 260 g/mol. The maximum Gasteiger partial charge on any atom is 0.119 e. The molecule has 1 unspecified atom stereocenters. The Bertz CT molecular complexity index is 411. The third-order valence-corrected chi connectivity index (χ3v) is 3.64. The molecule has 1 aromatic carbocycles. The van der Waals surface area contributed by atoms with E-state index in [2.05, 4.69) is 23.6 Å². The van der Waals surface area contributed by atoms with Gasteiger partial charge in [0.1, 0.15) is 5.75 Å². The normalized spacial score (nSPS) is 17.5. The van der Waals surface area contributed by atoms with Gasteiger partial charge in [-0.1, -0.05) is 30.2 Å². The molecule has 2 rings (SSSR count). The summed E-state index contributed by atoms with van der Waals surface area (Å²) >= 11 is 0. The quantitative estimate of drug-likeness (QED) is 0.484. The van der Waals surface area contributed by atoms with E-state index in [1.807, 2.05) is 19.1 Å². The zero-order valence-electron chi connectivity index (χ0n) is 11.7. The number of nitrogens with two attached hydrogens (primary N) is 1. The molecule has 0 saturated carbocycles. The van der Waals surface area contributed by atoms with Crippen LogP contribution >= 0.6 is 0 Å². The van der Waals surface area contributed by atoms with Gasteiger partial charge in [-0.15, -0.1) is 0 Å². The predicted octanol–water partition coefficient (Wildman–Crippen LogP) is 3.48. The van der Waals surface area contributed by atoms with Crippen molar-refractivity contribution >= 4 is 0 Å². The SMILES string of the molecule is CCOc1ccc(C(NN)C2=CCCCCC2)cc1. The molecular weight excluding hydrogens is 236 g/mol. The molecule has 1 aliphatic rings. The fourth-order valence-electron chi connectivity index (χ4n) is 2.64. The van der Waals surface area contributed by atoms with Crippen LogP contribution in [-0.2, 0) is 0 Å². The first-order valence-electron chi connectivity index (χ1n) is 7.23. The van der Waals surface area contributed by atoms with E-state index in [0.717, 1.165) is 12.2 Å². The summed E-state index contributed by atoms with van der Waals surface area (Å²) in [5.74, 6) is 6.68. The second kappa shape index (κ2) is 7.31. The molecule has 3 N–H and O–H groups in total. The van der Waals surface area contributed by atoms with Crippen LogP contribution in [0, 0.1) is 0 Å². The summed E-state index contributed by atoms with van der Waals surface area (Å²) in [5.41, 5.74) is 5.59. The molecule has 104 valence electrons. The summed E-state index contributed by atoms with van der Waals surface area (Å²) in [4.78, 5) is 0. The Balaban J connectivity index is 2.13. The van der Waals surface area contributed by atoms with Crippen molar-refractivity contribution in [1.82, 2.24) is 5.43 Å². The molecule has 0 spiro atoms. The minimum absolute atomic E-state index is 0.133. The van der Waals surface area contributed by atoms with E-state index in [1.54, 1.807) is 0 Å². The van der Waals surface area contributed by atoms with Gasteiger partial charge in [0, 0.05) is 0 Å². The van der Waals surface area contributed by atoms with Gasteiger partial charge in [0.25, 0.3) is 0 Å². The number of nitrogens with one attached hydrogen (secondary N) is 1. The van der Waals surface area contributed by atoms with E-state index in [9.17, 15) is 0 Å². The number of benzene rings is 1. The average Bonchev–Trinajstić information content (AvgIpc) is 2.71. The van der Waals surface area contributed by atoms with E-state index < -0.39 is 0 Å². The van der Waals surface area contributed by atoms with Crippen LogP contribution in [0.1, 0.15) is 50.6 Å². The van der Waals surface area contributed by atoms with Crippen molar-refractivity contribution in [1.29, 1.82) is 0 Å². The molecule has 19 heavy (non-hydrogen) atoms. The lowest BCUT2D eigenvalue weighted by Gasteiger charge is -2.20. The average molecular weight is 260 g/mol. The van der Waals surface area contributed by atoms with Crippen molar-refractivity contribution in [2.75, 3.05) is 6.61 Å². The molecule has 0 bridgehead atoms. The standard InChI is InChI=1S/C16H24N2O/c1-2-19-15-11-9-14(10-12-15)16(18-17)13-7-5-3-4-6-8-13/h7,9-12,16,18H,2-6,8,17H2,1H3. The zero-order chi connectivity index (χ0) is 13.5. The van der Waals surface area contributed by atoms with Gasteiger partial charge in [-0.3, -0.25) is 5.84 Å². The highest BCUT2D eigenvalue weighted by atomic mass is 16.5. The fourth-order valence-corrected chi connectivity index (χ4v) is 2.64. The van der Waals surface area contributed by atoms with E-state index in [0.29, 0.717) is 6.61 Å². The maximum absolute atomic E-state index is 5.76. The van der Waals surface area contributed by atoms with Crippen molar-refractivity contribution in [3.63, 3.8) is 0 Å². The first-order valence-corrected chi connectivity index (χ1v) is 7.23. The molecule has 1 aromatic rings.